The molecule has 0 fully saturated rings. The van der Waals surface area contributed by atoms with E-state index in [2.05, 4.69) is 0 Å². The lowest BCUT2D eigenvalue weighted by Gasteiger charge is -2.15. The second-order valence-corrected chi connectivity index (χ2v) is 8.53. The molecule has 0 aromatic heterocycles. The minimum Gasteiger partial charge on any atom is -0.454 e. The number of hydrogen-bond donors (Lipinski definition) is 0. The average molecular weight is 450 g/mol. The first kappa shape index (κ1) is 19.7. The largest absolute Gasteiger partial charge is 0.454 e. The minimum absolute atomic E-state index is 0.148. The summed E-state index contributed by atoms with van der Waals surface area (Å²) in [5.41, 5.74) is 1.91. The molecule has 0 aliphatic carbocycles. The van der Waals surface area contributed by atoms with Gasteiger partial charge in [-0.3, -0.25) is 14.5 Å². The quantitative estimate of drug-likeness (QED) is 0.505. The van der Waals surface area contributed by atoms with Crippen molar-refractivity contribution in [2.75, 3.05) is 6.79 Å². The van der Waals surface area contributed by atoms with Crippen LogP contribution in [0.4, 0.5) is 0 Å². The number of hydrogen-bond acceptors (Lipinski definition) is 5. The number of amides is 2. The Morgan fingerprint density at radius 2 is 1.61 bits per heavy atom. The molecular formula is C24H16ClNO4S. The van der Waals surface area contributed by atoms with Gasteiger partial charge < -0.3 is 9.47 Å². The van der Waals surface area contributed by atoms with Crippen LogP contribution in [0.1, 0.15) is 11.1 Å². The Balaban J connectivity index is 1.49. The van der Waals surface area contributed by atoms with Crippen LogP contribution < -0.4 is 9.47 Å². The molecule has 7 heteroatoms. The fraction of sp³-hybridized carbons (Fsp3) is 0.0833. The minimum atomic E-state index is -0.318. The third-order valence-corrected chi connectivity index (χ3v) is 6.34. The molecule has 2 aliphatic heterocycles. The van der Waals surface area contributed by atoms with Crippen molar-refractivity contribution < 1.29 is 19.1 Å². The van der Waals surface area contributed by atoms with Crippen LogP contribution in [-0.2, 0) is 16.1 Å². The first-order valence-corrected chi connectivity index (χ1v) is 10.8. The molecule has 2 amide bonds. The van der Waals surface area contributed by atoms with Crippen LogP contribution in [-0.4, -0.2) is 23.5 Å². The van der Waals surface area contributed by atoms with Gasteiger partial charge in [0.1, 0.15) is 0 Å². The van der Waals surface area contributed by atoms with Crippen LogP contribution in [0.3, 0.4) is 0 Å². The molecule has 0 bridgehead atoms. The Labute approximate surface area is 188 Å². The molecule has 0 N–H and O–H groups in total. The predicted octanol–water partition coefficient (Wildman–Crippen LogP) is 5.14. The lowest BCUT2D eigenvalue weighted by atomic mass is 10.1. The average Bonchev–Trinajstić information content (AvgIpc) is 3.34. The summed E-state index contributed by atoms with van der Waals surface area (Å²) in [6.45, 7) is 0.317. The molecule has 0 saturated heterocycles. The summed E-state index contributed by atoms with van der Waals surface area (Å²) < 4.78 is 10.8. The van der Waals surface area contributed by atoms with Crippen molar-refractivity contribution in [2.24, 2.45) is 0 Å². The Hall–Kier alpha value is -3.22. The van der Waals surface area contributed by atoms with Gasteiger partial charge in [-0.15, -0.1) is 0 Å². The van der Waals surface area contributed by atoms with Gasteiger partial charge in [0.25, 0.3) is 11.8 Å². The van der Waals surface area contributed by atoms with Crippen molar-refractivity contribution in [3.8, 4) is 11.5 Å². The third kappa shape index (κ3) is 3.80. The van der Waals surface area contributed by atoms with E-state index in [0.717, 1.165) is 10.5 Å². The topological polar surface area (TPSA) is 55.8 Å². The van der Waals surface area contributed by atoms with E-state index in [1.807, 2.05) is 48.5 Å². The van der Waals surface area contributed by atoms with Crippen LogP contribution in [0.2, 0.25) is 5.02 Å². The van der Waals surface area contributed by atoms with E-state index in [4.69, 9.17) is 21.1 Å². The van der Waals surface area contributed by atoms with Gasteiger partial charge >= 0.3 is 0 Å². The molecule has 0 atom stereocenters. The Morgan fingerprint density at radius 1 is 0.871 bits per heavy atom. The number of rotatable bonds is 5. The summed E-state index contributed by atoms with van der Waals surface area (Å²) in [5.74, 6) is 0.639. The van der Waals surface area contributed by atoms with Gasteiger partial charge in [0.15, 0.2) is 11.5 Å². The number of thioether (sulfide) groups is 1. The van der Waals surface area contributed by atoms with Gasteiger partial charge in [0.2, 0.25) is 6.79 Å². The molecule has 5 nitrogen and oxygen atoms in total. The maximum atomic E-state index is 13.4. The van der Waals surface area contributed by atoms with E-state index in [1.165, 1.54) is 16.7 Å². The van der Waals surface area contributed by atoms with E-state index in [0.29, 0.717) is 32.6 Å². The SMILES string of the molecule is O=C1C(Sc2ccc(Cl)cc2)=C(c2ccccc2)C(=O)N1Cc1ccc2c(c1)OCO2. The Bertz CT molecular complexity index is 1210. The van der Waals surface area contributed by atoms with E-state index in [9.17, 15) is 9.59 Å². The smallest absolute Gasteiger partial charge is 0.268 e. The molecule has 0 spiro atoms. The maximum absolute atomic E-state index is 13.4. The fourth-order valence-electron chi connectivity index (χ4n) is 3.49. The fourth-order valence-corrected chi connectivity index (χ4v) is 4.63. The molecule has 0 radical (unpaired) electrons. The zero-order chi connectivity index (χ0) is 21.4. The lowest BCUT2D eigenvalue weighted by molar-refractivity contribution is -0.137. The summed E-state index contributed by atoms with van der Waals surface area (Å²) in [6.07, 6.45) is 0. The van der Waals surface area contributed by atoms with Gasteiger partial charge in [-0.1, -0.05) is 59.8 Å². The normalized spacial score (nSPS) is 15.2. The summed E-state index contributed by atoms with van der Waals surface area (Å²) in [7, 11) is 0. The monoisotopic (exact) mass is 449 g/mol. The van der Waals surface area contributed by atoms with Crippen molar-refractivity contribution in [2.45, 2.75) is 11.4 Å². The van der Waals surface area contributed by atoms with Crippen LogP contribution in [0.15, 0.2) is 82.6 Å². The second-order valence-electron chi connectivity index (χ2n) is 7.01. The van der Waals surface area contributed by atoms with Crippen molar-refractivity contribution in [1.29, 1.82) is 0 Å². The van der Waals surface area contributed by atoms with Crippen molar-refractivity contribution in [3.05, 3.63) is 93.9 Å². The zero-order valence-electron chi connectivity index (χ0n) is 16.2. The first-order chi connectivity index (χ1) is 15.1. The molecule has 2 heterocycles. The Kier molecular flexibility index (Phi) is 5.18. The highest BCUT2D eigenvalue weighted by atomic mass is 35.5. The van der Waals surface area contributed by atoms with Gasteiger partial charge in [-0.25, -0.2) is 0 Å². The highest BCUT2D eigenvalue weighted by Gasteiger charge is 2.39. The predicted molar refractivity (Wildman–Crippen MR) is 119 cm³/mol. The van der Waals surface area contributed by atoms with Crippen LogP contribution in [0.5, 0.6) is 11.5 Å². The number of ether oxygens (including phenoxy) is 2. The number of imide groups is 1. The maximum Gasteiger partial charge on any atom is 0.268 e. The third-order valence-electron chi connectivity index (χ3n) is 5.00. The van der Waals surface area contributed by atoms with Crippen molar-refractivity contribution in [1.82, 2.24) is 4.90 Å². The molecule has 154 valence electrons. The van der Waals surface area contributed by atoms with E-state index < -0.39 is 0 Å². The van der Waals surface area contributed by atoms with E-state index in [1.54, 1.807) is 24.3 Å². The van der Waals surface area contributed by atoms with Gasteiger partial charge in [-0.05, 0) is 47.5 Å². The molecule has 3 aromatic rings. The second kappa shape index (κ2) is 8.13. The van der Waals surface area contributed by atoms with Crippen LogP contribution >= 0.6 is 23.4 Å². The zero-order valence-corrected chi connectivity index (χ0v) is 17.8. The standard InChI is InChI=1S/C24H16ClNO4S/c25-17-7-9-18(10-8-17)31-22-21(16-4-2-1-3-5-16)23(27)26(24(22)28)13-15-6-11-19-20(12-15)30-14-29-19/h1-12H,13-14H2. The summed E-state index contributed by atoms with van der Waals surface area (Å²) >= 11 is 7.26. The Morgan fingerprint density at radius 3 is 2.39 bits per heavy atom. The van der Waals surface area contributed by atoms with Crippen LogP contribution in [0.25, 0.3) is 5.57 Å². The van der Waals surface area contributed by atoms with E-state index in [-0.39, 0.29) is 25.2 Å². The number of halogens is 1. The summed E-state index contributed by atoms with van der Waals surface area (Å²) in [5, 5.41) is 0.611. The molecule has 2 aliphatic rings. The number of benzene rings is 3. The number of nitrogens with zero attached hydrogens (tertiary/aromatic N) is 1. The number of carbonyl (C=O) groups is 2. The van der Waals surface area contributed by atoms with Crippen molar-refractivity contribution in [3.63, 3.8) is 0 Å². The highest BCUT2D eigenvalue weighted by molar-refractivity contribution is 8.04. The van der Waals surface area contributed by atoms with Gasteiger partial charge in [-0.2, -0.15) is 0 Å². The highest BCUT2D eigenvalue weighted by Crippen LogP contribution is 2.41. The number of carbonyl (C=O) groups excluding carboxylic acids is 2. The van der Waals surface area contributed by atoms with E-state index >= 15 is 0 Å². The molecule has 3 aromatic carbocycles. The van der Waals surface area contributed by atoms with Crippen molar-refractivity contribution >= 4 is 40.8 Å². The molecule has 0 unspecified atom stereocenters. The first-order valence-electron chi connectivity index (χ1n) is 9.58. The molecule has 31 heavy (non-hydrogen) atoms. The summed E-state index contributed by atoms with van der Waals surface area (Å²) in [4.78, 5) is 29.2. The molecule has 5 rings (SSSR count). The lowest BCUT2D eigenvalue weighted by Crippen LogP contribution is -2.30. The van der Waals surface area contributed by atoms with Gasteiger partial charge in [0.05, 0.1) is 17.0 Å². The molecule has 0 saturated carbocycles. The molecular weight excluding hydrogens is 434 g/mol. The number of fused-ring (bicyclic) bond motifs is 1. The summed E-state index contributed by atoms with van der Waals surface area (Å²) in [6, 6.07) is 21.9. The van der Waals surface area contributed by atoms with Gasteiger partial charge in [0, 0.05) is 9.92 Å². The van der Waals surface area contributed by atoms with Crippen LogP contribution in [0, 0.1) is 0 Å².